The van der Waals surface area contributed by atoms with Crippen molar-refractivity contribution < 1.29 is 13.6 Å². The molecule has 1 N–H and O–H groups in total. The van der Waals surface area contributed by atoms with Crippen LogP contribution in [-0.4, -0.2) is 30.1 Å². The SMILES string of the molecule is O=C(NCC1CCN(c2ccc(F)c(F)c2)C1)c1cccn(Cc2ccccc2)c1=O. The van der Waals surface area contributed by atoms with Crippen LogP contribution in [0.4, 0.5) is 14.5 Å². The second-order valence-electron chi connectivity index (χ2n) is 7.75. The first kappa shape index (κ1) is 20.8. The highest BCUT2D eigenvalue weighted by Crippen LogP contribution is 2.25. The fourth-order valence-corrected chi connectivity index (χ4v) is 3.86. The minimum Gasteiger partial charge on any atom is -0.371 e. The fraction of sp³-hybridized carbons (Fsp3) is 0.250. The molecule has 7 heteroatoms. The maximum absolute atomic E-state index is 13.5. The van der Waals surface area contributed by atoms with Gasteiger partial charge < -0.3 is 14.8 Å². The number of nitrogens with zero attached hydrogens (tertiary/aromatic N) is 2. The van der Waals surface area contributed by atoms with Crippen molar-refractivity contribution in [2.24, 2.45) is 5.92 Å². The number of halogens is 2. The average molecular weight is 423 g/mol. The van der Waals surface area contributed by atoms with E-state index < -0.39 is 17.5 Å². The Morgan fingerprint density at radius 1 is 1.03 bits per heavy atom. The largest absolute Gasteiger partial charge is 0.371 e. The number of rotatable bonds is 6. The van der Waals surface area contributed by atoms with E-state index in [9.17, 15) is 18.4 Å². The second-order valence-corrected chi connectivity index (χ2v) is 7.75. The van der Waals surface area contributed by atoms with E-state index in [1.807, 2.05) is 35.2 Å². The number of carbonyl (C=O) groups excluding carboxylic acids is 1. The van der Waals surface area contributed by atoms with Crippen LogP contribution in [0.3, 0.4) is 0 Å². The molecule has 3 aromatic rings. The zero-order valence-corrected chi connectivity index (χ0v) is 16.9. The molecule has 5 nitrogen and oxygen atoms in total. The molecule has 2 aromatic carbocycles. The lowest BCUT2D eigenvalue weighted by molar-refractivity contribution is 0.0946. The smallest absolute Gasteiger partial charge is 0.263 e. The van der Waals surface area contributed by atoms with Crippen LogP contribution in [0, 0.1) is 17.6 Å². The summed E-state index contributed by atoms with van der Waals surface area (Å²) in [5, 5.41) is 2.85. The highest BCUT2D eigenvalue weighted by molar-refractivity contribution is 5.93. The van der Waals surface area contributed by atoms with Gasteiger partial charge in [-0.3, -0.25) is 9.59 Å². The molecule has 1 saturated heterocycles. The number of aromatic nitrogens is 1. The number of hydrogen-bond donors (Lipinski definition) is 1. The molecule has 160 valence electrons. The van der Waals surface area contributed by atoms with Crippen LogP contribution in [-0.2, 0) is 6.54 Å². The molecule has 0 spiro atoms. The summed E-state index contributed by atoms with van der Waals surface area (Å²) in [5.41, 5.74) is 1.37. The van der Waals surface area contributed by atoms with Crippen molar-refractivity contribution in [1.29, 1.82) is 0 Å². The molecule has 0 saturated carbocycles. The Labute approximate surface area is 178 Å². The number of benzene rings is 2. The monoisotopic (exact) mass is 423 g/mol. The highest BCUT2D eigenvalue weighted by Gasteiger charge is 2.24. The zero-order valence-electron chi connectivity index (χ0n) is 16.9. The van der Waals surface area contributed by atoms with E-state index in [0.29, 0.717) is 31.9 Å². The van der Waals surface area contributed by atoms with E-state index in [2.05, 4.69) is 5.32 Å². The molecule has 4 rings (SSSR count). The number of hydrogen-bond acceptors (Lipinski definition) is 3. The summed E-state index contributed by atoms with van der Waals surface area (Å²) in [6.07, 6.45) is 2.48. The number of amides is 1. The van der Waals surface area contributed by atoms with Crippen LogP contribution in [0.15, 0.2) is 71.7 Å². The second kappa shape index (κ2) is 9.12. The molecule has 0 bridgehead atoms. The van der Waals surface area contributed by atoms with E-state index >= 15 is 0 Å². The van der Waals surface area contributed by atoms with E-state index in [1.54, 1.807) is 18.3 Å². The predicted octanol–water partition coefficient (Wildman–Crippen LogP) is 3.43. The van der Waals surface area contributed by atoms with Crippen LogP contribution in [0.1, 0.15) is 22.3 Å². The topological polar surface area (TPSA) is 54.3 Å². The van der Waals surface area contributed by atoms with Crippen molar-refractivity contribution in [2.75, 3.05) is 24.5 Å². The van der Waals surface area contributed by atoms with E-state index in [1.165, 1.54) is 16.7 Å². The Morgan fingerprint density at radius 3 is 2.61 bits per heavy atom. The molecule has 1 aliphatic heterocycles. The maximum Gasteiger partial charge on any atom is 0.263 e. The van der Waals surface area contributed by atoms with Gasteiger partial charge in [0.15, 0.2) is 11.6 Å². The van der Waals surface area contributed by atoms with Crippen molar-refractivity contribution in [2.45, 2.75) is 13.0 Å². The average Bonchev–Trinajstić information content (AvgIpc) is 3.25. The van der Waals surface area contributed by atoms with Gasteiger partial charge in [-0.2, -0.15) is 0 Å². The van der Waals surface area contributed by atoms with Crippen LogP contribution in [0.2, 0.25) is 0 Å². The summed E-state index contributed by atoms with van der Waals surface area (Å²) in [7, 11) is 0. The number of nitrogens with one attached hydrogen (secondary N) is 1. The van der Waals surface area contributed by atoms with Gasteiger partial charge in [-0.1, -0.05) is 30.3 Å². The lowest BCUT2D eigenvalue weighted by Crippen LogP contribution is -2.36. The Bertz CT molecular complexity index is 1130. The van der Waals surface area contributed by atoms with Crippen molar-refractivity contribution >= 4 is 11.6 Å². The van der Waals surface area contributed by atoms with Gasteiger partial charge in [0.1, 0.15) is 5.56 Å². The van der Waals surface area contributed by atoms with E-state index in [0.717, 1.165) is 18.1 Å². The van der Waals surface area contributed by atoms with Crippen LogP contribution < -0.4 is 15.8 Å². The molecule has 1 fully saturated rings. The normalized spacial score (nSPS) is 15.8. The Kier molecular flexibility index (Phi) is 6.11. The first-order chi connectivity index (χ1) is 15.0. The van der Waals surface area contributed by atoms with Gasteiger partial charge in [-0.05, 0) is 42.2 Å². The van der Waals surface area contributed by atoms with Crippen molar-refractivity contribution in [3.63, 3.8) is 0 Å². The molecule has 1 aliphatic rings. The van der Waals surface area contributed by atoms with Gasteiger partial charge in [0, 0.05) is 37.6 Å². The molecule has 31 heavy (non-hydrogen) atoms. The molecule has 0 aliphatic carbocycles. The van der Waals surface area contributed by atoms with Gasteiger partial charge in [0.25, 0.3) is 11.5 Å². The zero-order chi connectivity index (χ0) is 21.8. The van der Waals surface area contributed by atoms with E-state index in [-0.39, 0.29) is 17.0 Å². The van der Waals surface area contributed by atoms with Crippen LogP contribution >= 0.6 is 0 Å². The van der Waals surface area contributed by atoms with Gasteiger partial charge in [-0.25, -0.2) is 8.78 Å². The molecule has 2 heterocycles. The summed E-state index contributed by atoms with van der Waals surface area (Å²) in [4.78, 5) is 27.3. The first-order valence-corrected chi connectivity index (χ1v) is 10.2. The first-order valence-electron chi connectivity index (χ1n) is 10.2. The minimum atomic E-state index is -0.870. The molecule has 1 amide bonds. The maximum atomic E-state index is 13.5. The standard InChI is InChI=1S/C24H23F2N3O2/c25-21-9-8-19(13-22(21)26)28-12-10-18(16-28)14-27-23(30)20-7-4-11-29(24(20)31)15-17-5-2-1-3-6-17/h1-9,11,13,18H,10,12,14-16H2,(H,27,30). The quantitative estimate of drug-likeness (QED) is 0.661. The van der Waals surface area contributed by atoms with E-state index in [4.69, 9.17) is 0 Å². The Hall–Kier alpha value is -3.48. The molecular formula is C24H23F2N3O2. The molecule has 1 atom stereocenters. The number of anilines is 1. The summed E-state index contributed by atoms with van der Waals surface area (Å²) >= 11 is 0. The molecule has 0 radical (unpaired) electrons. The van der Waals surface area contributed by atoms with Gasteiger partial charge in [-0.15, -0.1) is 0 Å². The summed E-state index contributed by atoms with van der Waals surface area (Å²) < 4.78 is 28.2. The Morgan fingerprint density at radius 2 is 1.84 bits per heavy atom. The third kappa shape index (κ3) is 4.82. The summed E-state index contributed by atoms with van der Waals surface area (Å²) in [5.74, 6) is -1.98. The van der Waals surface area contributed by atoms with Crippen molar-refractivity contribution in [3.8, 4) is 0 Å². The minimum absolute atomic E-state index is 0.105. The lowest BCUT2D eigenvalue weighted by Gasteiger charge is -2.19. The summed E-state index contributed by atoms with van der Waals surface area (Å²) in [6.45, 7) is 2.12. The highest BCUT2D eigenvalue weighted by atomic mass is 19.2. The fourth-order valence-electron chi connectivity index (χ4n) is 3.86. The van der Waals surface area contributed by atoms with Gasteiger partial charge in [0.05, 0.1) is 6.54 Å². The number of pyridine rings is 1. The third-order valence-electron chi connectivity index (χ3n) is 5.57. The molecular weight excluding hydrogens is 400 g/mol. The van der Waals surface area contributed by atoms with Crippen molar-refractivity contribution in [3.05, 3.63) is 100.0 Å². The summed E-state index contributed by atoms with van der Waals surface area (Å²) in [6, 6.07) is 16.7. The third-order valence-corrected chi connectivity index (χ3v) is 5.57. The van der Waals surface area contributed by atoms with Crippen molar-refractivity contribution in [1.82, 2.24) is 9.88 Å². The number of carbonyl (C=O) groups is 1. The van der Waals surface area contributed by atoms with Gasteiger partial charge in [0.2, 0.25) is 0 Å². The predicted molar refractivity (Wildman–Crippen MR) is 115 cm³/mol. The lowest BCUT2D eigenvalue weighted by atomic mass is 10.1. The molecule has 1 unspecified atom stereocenters. The van der Waals surface area contributed by atoms with Crippen LogP contribution in [0.5, 0.6) is 0 Å². The van der Waals surface area contributed by atoms with Crippen LogP contribution in [0.25, 0.3) is 0 Å². The Balaban J connectivity index is 1.36. The molecule has 1 aromatic heterocycles. The van der Waals surface area contributed by atoms with Gasteiger partial charge >= 0.3 is 0 Å².